The Morgan fingerprint density at radius 1 is 1.32 bits per heavy atom. The summed E-state index contributed by atoms with van der Waals surface area (Å²) in [7, 11) is 2.49. The summed E-state index contributed by atoms with van der Waals surface area (Å²) in [6.45, 7) is -0.312. The normalized spacial score (nSPS) is 10.8. The second kappa shape index (κ2) is 7.15. The number of esters is 1. The van der Waals surface area contributed by atoms with Gasteiger partial charge in [0, 0.05) is 13.1 Å². The molecule has 0 saturated carbocycles. The first kappa shape index (κ1) is 14.7. The van der Waals surface area contributed by atoms with E-state index < -0.39 is 18.1 Å². The first-order valence-corrected chi connectivity index (χ1v) is 5.45. The first-order chi connectivity index (χ1) is 9.02. The van der Waals surface area contributed by atoms with Crippen molar-refractivity contribution < 1.29 is 23.5 Å². The number of nitrogens with zero attached hydrogens (tertiary/aromatic N) is 1. The standard InChI is InChI=1S/C13H14FNO4/c1-15(9-12(16)18-2)13(17)19-11(14)8-10-6-4-3-5-7-10/h3-8H,9H2,1-2H3/b11-8+. The van der Waals surface area contributed by atoms with E-state index in [4.69, 9.17) is 0 Å². The molecule has 1 amide bonds. The highest BCUT2D eigenvalue weighted by atomic mass is 19.1. The van der Waals surface area contributed by atoms with E-state index in [1.165, 1.54) is 14.2 Å². The van der Waals surface area contributed by atoms with Crippen LogP contribution in [0, 0.1) is 0 Å². The summed E-state index contributed by atoms with van der Waals surface area (Å²) < 4.78 is 22.2. The Morgan fingerprint density at radius 3 is 2.53 bits per heavy atom. The number of halogens is 1. The number of benzene rings is 1. The lowest BCUT2D eigenvalue weighted by atomic mass is 10.2. The number of amides is 1. The molecule has 0 spiro atoms. The molecule has 0 N–H and O–H groups in total. The van der Waals surface area contributed by atoms with Crippen LogP contribution in [-0.4, -0.2) is 37.7 Å². The number of carbonyl (C=O) groups excluding carboxylic acids is 2. The number of ether oxygens (including phenoxy) is 2. The number of hydrogen-bond acceptors (Lipinski definition) is 4. The topological polar surface area (TPSA) is 55.8 Å². The molecule has 0 fully saturated rings. The van der Waals surface area contributed by atoms with Crippen LogP contribution < -0.4 is 0 Å². The van der Waals surface area contributed by atoms with Gasteiger partial charge in [0.05, 0.1) is 7.11 Å². The molecular formula is C13H14FNO4. The summed E-state index contributed by atoms with van der Waals surface area (Å²) in [5.41, 5.74) is 0.559. The van der Waals surface area contributed by atoms with Crippen molar-refractivity contribution in [1.82, 2.24) is 4.90 Å². The molecule has 1 rings (SSSR count). The minimum atomic E-state index is -1.05. The van der Waals surface area contributed by atoms with Crippen molar-refractivity contribution in [2.24, 2.45) is 0 Å². The number of hydrogen-bond donors (Lipinski definition) is 0. The molecule has 5 nitrogen and oxygen atoms in total. The van der Waals surface area contributed by atoms with E-state index in [0.717, 1.165) is 11.0 Å². The molecule has 6 heteroatoms. The fraction of sp³-hybridized carbons (Fsp3) is 0.231. The molecule has 1 aromatic rings. The van der Waals surface area contributed by atoms with Crippen molar-refractivity contribution in [3.8, 4) is 0 Å². The van der Waals surface area contributed by atoms with Gasteiger partial charge in [-0.1, -0.05) is 30.3 Å². The van der Waals surface area contributed by atoms with Crippen molar-refractivity contribution in [1.29, 1.82) is 0 Å². The van der Waals surface area contributed by atoms with Gasteiger partial charge < -0.3 is 9.47 Å². The molecule has 0 atom stereocenters. The lowest BCUT2D eigenvalue weighted by Crippen LogP contribution is -2.32. The van der Waals surface area contributed by atoms with Gasteiger partial charge in [-0.05, 0) is 5.56 Å². The summed E-state index contributed by atoms with van der Waals surface area (Å²) >= 11 is 0. The second-order valence-electron chi connectivity index (χ2n) is 3.66. The predicted molar refractivity (Wildman–Crippen MR) is 66.7 cm³/mol. The van der Waals surface area contributed by atoms with E-state index in [-0.39, 0.29) is 6.54 Å². The minimum Gasteiger partial charge on any atom is -0.468 e. The maximum Gasteiger partial charge on any atom is 0.417 e. The summed E-state index contributed by atoms with van der Waals surface area (Å²) in [5, 5.41) is 0. The lowest BCUT2D eigenvalue weighted by Gasteiger charge is -2.14. The molecule has 0 heterocycles. The van der Waals surface area contributed by atoms with Crippen molar-refractivity contribution in [2.45, 2.75) is 0 Å². The van der Waals surface area contributed by atoms with Crippen LogP contribution in [-0.2, 0) is 14.3 Å². The monoisotopic (exact) mass is 267 g/mol. The Kier molecular flexibility index (Phi) is 5.53. The molecule has 0 aliphatic rings. The largest absolute Gasteiger partial charge is 0.468 e. The quantitative estimate of drug-likeness (QED) is 0.620. The average Bonchev–Trinajstić information content (AvgIpc) is 2.39. The summed E-state index contributed by atoms with van der Waals surface area (Å²) in [5.74, 6) is -0.619. The summed E-state index contributed by atoms with van der Waals surface area (Å²) in [4.78, 5) is 23.2. The Hall–Kier alpha value is -2.37. The number of rotatable bonds is 4. The Morgan fingerprint density at radius 2 is 1.95 bits per heavy atom. The maximum atomic E-state index is 13.4. The molecule has 0 aromatic heterocycles. The third kappa shape index (κ3) is 5.20. The van der Waals surface area contributed by atoms with Crippen molar-refractivity contribution >= 4 is 18.1 Å². The zero-order chi connectivity index (χ0) is 14.3. The number of carbonyl (C=O) groups is 2. The number of methoxy groups -OCH3 is 1. The van der Waals surface area contributed by atoms with Gasteiger partial charge in [-0.3, -0.25) is 9.69 Å². The predicted octanol–water partition coefficient (Wildman–Crippen LogP) is 2.20. The van der Waals surface area contributed by atoms with Gasteiger partial charge in [-0.15, -0.1) is 0 Å². The first-order valence-electron chi connectivity index (χ1n) is 5.45. The van der Waals surface area contributed by atoms with E-state index in [9.17, 15) is 14.0 Å². The van der Waals surface area contributed by atoms with Gasteiger partial charge in [0.1, 0.15) is 6.54 Å². The molecular weight excluding hydrogens is 253 g/mol. The van der Waals surface area contributed by atoms with Gasteiger partial charge >= 0.3 is 12.1 Å². The van der Waals surface area contributed by atoms with Crippen LogP contribution in [0.25, 0.3) is 6.08 Å². The molecule has 0 bridgehead atoms. The average molecular weight is 267 g/mol. The molecule has 0 radical (unpaired) electrons. The Labute approximate surface area is 110 Å². The van der Waals surface area contributed by atoms with E-state index in [2.05, 4.69) is 9.47 Å². The van der Waals surface area contributed by atoms with Gasteiger partial charge in [-0.25, -0.2) is 4.79 Å². The molecule has 0 saturated heterocycles. The molecule has 0 aliphatic heterocycles. The molecule has 0 unspecified atom stereocenters. The van der Waals surface area contributed by atoms with Gasteiger partial charge in [-0.2, -0.15) is 4.39 Å². The Balaban J connectivity index is 2.57. The zero-order valence-electron chi connectivity index (χ0n) is 10.6. The molecule has 102 valence electrons. The van der Waals surface area contributed by atoms with Crippen LogP contribution in [0.1, 0.15) is 5.56 Å². The third-order valence-electron chi connectivity index (χ3n) is 2.17. The highest BCUT2D eigenvalue weighted by Crippen LogP contribution is 2.10. The van der Waals surface area contributed by atoms with Gasteiger partial charge in [0.15, 0.2) is 0 Å². The number of likely N-dealkylation sites (N-methyl/N-ethyl adjacent to an activating group) is 1. The fourth-order valence-corrected chi connectivity index (χ4v) is 1.19. The van der Waals surface area contributed by atoms with Crippen LogP contribution >= 0.6 is 0 Å². The Bertz CT molecular complexity index is 473. The SMILES string of the molecule is COC(=O)CN(C)C(=O)O/C(F)=C/c1ccccc1. The van der Waals surface area contributed by atoms with Crippen LogP contribution in [0.5, 0.6) is 0 Å². The zero-order valence-corrected chi connectivity index (χ0v) is 10.6. The highest BCUT2D eigenvalue weighted by molar-refractivity contribution is 5.78. The molecule has 0 aliphatic carbocycles. The van der Waals surface area contributed by atoms with Crippen LogP contribution in [0.15, 0.2) is 36.3 Å². The van der Waals surface area contributed by atoms with Crippen molar-refractivity contribution in [3.05, 3.63) is 41.9 Å². The van der Waals surface area contributed by atoms with Crippen LogP contribution in [0.3, 0.4) is 0 Å². The van der Waals surface area contributed by atoms with Crippen LogP contribution in [0.2, 0.25) is 0 Å². The van der Waals surface area contributed by atoms with Crippen molar-refractivity contribution in [2.75, 3.05) is 20.7 Å². The third-order valence-corrected chi connectivity index (χ3v) is 2.17. The van der Waals surface area contributed by atoms with E-state index >= 15 is 0 Å². The van der Waals surface area contributed by atoms with Gasteiger partial charge in [0.25, 0.3) is 6.01 Å². The molecule has 1 aromatic carbocycles. The minimum absolute atomic E-state index is 0.312. The summed E-state index contributed by atoms with van der Waals surface area (Å²) in [6, 6.07) is 7.50. The van der Waals surface area contributed by atoms with Gasteiger partial charge in [0.2, 0.25) is 0 Å². The van der Waals surface area contributed by atoms with E-state index in [1.807, 2.05) is 0 Å². The lowest BCUT2D eigenvalue weighted by molar-refractivity contribution is -0.141. The van der Waals surface area contributed by atoms with Crippen molar-refractivity contribution in [3.63, 3.8) is 0 Å². The van der Waals surface area contributed by atoms with Crippen LogP contribution in [0.4, 0.5) is 9.18 Å². The highest BCUT2D eigenvalue weighted by Gasteiger charge is 2.16. The van der Waals surface area contributed by atoms with E-state index in [1.54, 1.807) is 30.3 Å². The smallest absolute Gasteiger partial charge is 0.417 e. The maximum absolute atomic E-state index is 13.4. The van der Waals surface area contributed by atoms with E-state index in [0.29, 0.717) is 5.56 Å². The molecule has 19 heavy (non-hydrogen) atoms. The second-order valence-corrected chi connectivity index (χ2v) is 3.66. The fourth-order valence-electron chi connectivity index (χ4n) is 1.19. The summed E-state index contributed by atoms with van der Waals surface area (Å²) in [6.07, 6.45) is 0.0965.